The Balaban J connectivity index is 1.58. The van der Waals surface area contributed by atoms with E-state index in [1.54, 1.807) is 11.8 Å². The Kier molecular flexibility index (Phi) is 5.81. The largest absolute Gasteiger partial charge is 0.465 e. The van der Waals surface area contributed by atoms with E-state index < -0.39 is 35.0 Å². The molecule has 5 rings (SSSR count). The van der Waals surface area contributed by atoms with Gasteiger partial charge in [-0.05, 0) is 25.3 Å². The lowest BCUT2D eigenvalue weighted by Crippen LogP contribution is -2.55. The van der Waals surface area contributed by atoms with Gasteiger partial charge in [0.15, 0.2) is 0 Å². The van der Waals surface area contributed by atoms with Crippen molar-refractivity contribution >= 4 is 17.8 Å². The maximum absolute atomic E-state index is 14.0. The SMILES string of the molecule is C[C@@]12C=CCCOC(=O)[C@@H]1[C@H]1C(=O)N(CCCO)C3C(=O)N(Cc4ccccc4)CC=C[C@@]31O2. The Labute approximate surface area is 198 Å². The van der Waals surface area contributed by atoms with Crippen molar-refractivity contribution in [3.05, 3.63) is 60.2 Å². The van der Waals surface area contributed by atoms with Gasteiger partial charge in [0.25, 0.3) is 0 Å². The van der Waals surface area contributed by atoms with Crippen molar-refractivity contribution in [2.24, 2.45) is 11.8 Å². The van der Waals surface area contributed by atoms with E-state index in [2.05, 4.69) is 0 Å². The molecule has 8 nitrogen and oxygen atoms in total. The average molecular weight is 467 g/mol. The van der Waals surface area contributed by atoms with Crippen molar-refractivity contribution in [1.82, 2.24) is 9.80 Å². The molecule has 0 bridgehead atoms. The van der Waals surface area contributed by atoms with Crippen molar-refractivity contribution in [2.75, 3.05) is 26.3 Å². The zero-order chi connectivity index (χ0) is 23.9. The summed E-state index contributed by atoms with van der Waals surface area (Å²) in [5.41, 5.74) is -1.38. The van der Waals surface area contributed by atoms with Crippen LogP contribution in [0, 0.1) is 11.8 Å². The monoisotopic (exact) mass is 466 g/mol. The van der Waals surface area contributed by atoms with E-state index in [9.17, 15) is 19.5 Å². The Hall–Kier alpha value is -2.97. The van der Waals surface area contributed by atoms with Gasteiger partial charge in [-0.15, -0.1) is 0 Å². The van der Waals surface area contributed by atoms with Gasteiger partial charge >= 0.3 is 5.97 Å². The zero-order valence-electron chi connectivity index (χ0n) is 19.3. The number of hydrogen-bond donors (Lipinski definition) is 1. The number of ether oxygens (including phenoxy) is 2. The van der Waals surface area contributed by atoms with Crippen molar-refractivity contribution in [3.8, 4) is 0 Å². The molecule has 8 heteroatoms. The summed E-state index contributed by atoms with van der Waals surface area (Å²) < 4.78 is 12.1. The van der Waals surface area contributed by atoms with Gasteiger partial charge in [0.05, 0.1) is 18.1 Å². The quantitative estimate of drug-likeness (QED) is 0.521. The van der Waals surface area contributed by atoms with Gasteiger partial charge in [-0.1, -0.05) is 54.6 Å². The minimum atomic E-state index is -1.29. The topological polar surface area (TPSA) is 96.4 Å². The van der Waals surface area contributed by atoms with Crippen LogP contribution in [-0.2, 0) is 30.4 Å². The summed E-state index contributed by atoms with van der Waals surface area (Å²) >= 11 is 0. The van der Waals surface area contributed by atoms with Gasteiger partial charge in [-0.2, -0.15) is 0 Å². The predicted molar refractivity (Wildman–Crippen MR) is 122 cm³/mol. The van der Waals surface area contributed by atoms with Crippen LogP contribution in [0.25, 0.3) is 0 Å². The highest BCUT2D eigenvalue weighted by atomic mass is 16.6. The Morgan fingerprint density at radius 1 is 1.06 bits per heavy atom. The lowest BCUT2D eigenvalue weighted by atomic mass is 9.74. The van der Waals surface area contributed by atoms with Crippen LogP contribution in [0.1, 0.15) is 25.3 Å². The zero-order valence-corrected chi connectivity index (χ0v) is 19.3. The molecule has 0 aromatic heterocycles. The highest BCUT2D eigenvalue weighted by molar-refractivity contribution is 5.99. The summed E-state index contributed by atoms with van der Waals surface area (Å²) in [6.45, 7) is 2.89. The van der Waals surface area contributed by atoms with Crippen LogP contribution >= 0.6 is 0 Å². The van der Waals surface area contributed by atoms with Gasteiger partial charge in [0, 0.05) is 26.2 Å². The third-order valence-corrected chi connectivity index (χ3v) is 7.38. The number of nitrogens with zero attached hydrogens (tertiary/aromatic N) is 2. The molecule has 4 heterocycles. The predicted octanol–water partition coefficient (Wildman–Crippen LogP) is 1.44. The number of hydrogen-bond acceptors (Lipinski definition) is 6. The smallest absolute Gasteiger partial charge is 0.313 e. The first kappa shape index (κ1) is 22.8. The van der Waals surface area contributed by atoms with Crippen molar-refractivity contribution < 1.29 is 29.0 Å². The minimum Gasteiger partial charge on any atom is -0.465 e. The van der Waals surface area contributed by atoms with Crippen LogP contribution in [0.5, 0.6) is 0 Å². The van der Waals surface area contributed by atoms with Crippen LogP contribution in [-0.4, -0.2) is 76.2 Å². The maximum Gasteiger partial charge on any atom is 0.313 e. The molecule has 1 N–H and O–H groups in total. The van der Waals surface area contributed by atoms with Crippen molar-refractivity contribution in [2.45, 2.75) is 43.6 Å². The molecule has 4 aliphatic rings. The fourth-order valence-corrected chi connectivity index (χ4v) is 5.96. The molecule has 180 valence electrons. The molecular formula is C26H30N2O6. The number of carbonyl (C=O) groups is 3. The molecule has 5 atom stereocenters. The second-order valence-corrected chi connectivity index (χ2v) is 9.57. The second kappa shape index (κ2) is 8.67. The fraction of sp³-hybridized carbons (Fsp3) is 0.500. The lowest BCUT2D eigenvalue weighted by Gasteiger charge is -2.37. The lowest BCUT2D eigenvalue weighted by molar-refractivity contribution is -0.160. The molecule has 1 aromatic rings. The van der Waals surface area contributed by atoms with Gasteiger partial charge < -0.3 is 24.4 Å². The van der Waals surface area contributed by atoms with E-state index in [1.165, 1.54) is 4.90 Å². The summed E-state index contributed by atoms with van der Waals surface area (Å²) in [4.78, 5) is 44.2. The van der Waals surface area contributed by atoms with E-state index >= 15 is 0 Å². The van der Waals surface area contributed by atoms with E-state index in [-0.39, 0.29) is 31.6 Å². The van der Waals surface area contributed by atoms with E-state index in [0.29, 0.717) is 25.9 Å². The fourth-order valence-electron chi connectivity index (χ4n) is 5.96. The van der Waals surface area contributed by atoms with Crippen molar-refractivity contribution in [3.63, 3.8) is 0 Å². The highest BCUT2D eigenvalue weighted by Gasteiger charge is 2.74. The first-order valence-electron chi connectivity index (χ1n) is 11.9. The van der Waals surface area contributed by atoms with Gasteiger partial charge in [0.2, 0.25) is 11.8 Å². The number of amides is 2. The van der Waals surface area contributed by atoms with Crippen molar-refractivity contribution in [1.29, 1.82) is 0 Å². The normalized spacial score (nSPS) is 34.8. The maximum atomic E-state index is 14.0. The molecule has 0 radical (unpaired) electrons. The molecule has 1 unspecified atom stereocenters. The van der Waals surface area contributed by atoms with Crippen LogP contribution in [0.2, 0.25) is 0 Å². The number of aliphatic hydroxyl groups excluding tert-OH is 1. The molecule has 34 heavy (non-hydrogen) atoms. The first-order valence-corrected chi connectivity index (χ1v) is 11.9. The third-order valence-electron chi connectivity index (χ3n) is 7.38. The third kappa shape index (κ3) is 3.47. The number of cyclic esters (lactones) is 1. The Bertz CT molecular complexity index is 1040. The minimum absolute atomic E-state index is 0.112. The number of fused-ring (bicyclic) bond motifs is 2. The number of carbonyl (C=O) groups excluding carboxylic acids is 3. The van der Waals surface area contributed by atoms with E-state index in [4.69, 9.17) is 9.47 Å². The van der Waals surface area contributed by atoms with Crippen LogP contribution in [0.4, 0.5) is 0 Å². The molecule has 0 saturated carbocycles. The van der Waals surface area contributed by atoms with Gasteiger partial charge in [-0.3, -0.25) is 14.4 Å². The van der Waals surface area contributed by atoms with Crippen LogP contribution < -0.4 is 0 Å². The highest BCUT2D eigenvalue weighted by Crippen LogP contribution is 2.57. The molecule has 1 aromatic carbocycles. The van der Waals surface area contributed by atoms with Gasteiger partial charge in [0.1, 0.15) is 17.6 Å². The standard InChI is InChI=1S/C26H30N2O6/c1-25-11-5-6-16-33-24(32)20(25)19-22(30)28(14-8-15-29)21-23(31)27(13-7-12-26(19,21)34-25)17-18-9-3-2-4-10-18/h2-5,7,9-12,19-21,29H,6,8,13-17H2,1H3/t19-,20-,21?,25+,26-/m0/s1. The molecule has 0 aliphatic carbocycles. The number of benzene rings is 1. The van der Waals surface area contributed by atoms with Gasteiger partial charge in [-0.25, -0.2) is 0 Å². The van der Waals surface area contributed by atoms with E-state index in [0.717, 1.165) is 5.56 Å². The first-order chi connectivity index (χ1) is 16.4. The number of likely N-dealkylation sites (tertiary alicyclic amines) is 1. The summed E-state index contributed by atoms with van der Waals surface area (Å²) in [6, 6.07) is 8.76. The number of aliphatic hydroxyl groups is 1. The number of rotatable bonds is 5. The molecule has 1 spiro atoms. The van der Waals surface area contributed by atoms with Crippen LogP contribution in [0.15, 0.2) is 54.6 Å². The molecule has 2 amide bonds. The molecule has 2 saturated heterocycles. The Morgan fingerprint density at radius 3 is 2.62 bits per heavy atom. The average Bonchev–Trinajstić information content (AvgIpc) is 3.14. The summed E-state index contributed by atoms with van der Waals surface area (Å²) in [6.07, 6.45) is 8.33. The summed E-state index contributed by atoms with van der Waals surface area (Å²) in [5.74, 6) is -2.75. The molecule has 2 fully saturated rings. The molecular weight excluding hydrogens is 436 g/mol. The molecule has 4 aliphatic heterocycles. The summed E-state index contributed by atoms with van der Waals surface area (Å²) in [5, 5.41) is 9.46. The second-order valence-electron chi connectivity index (χ2n) is 9.57. The Morgan fingerprint density at radius 2 is 1.85 bits per heavy atom. The number of esters is 1. The van der Waals surface area contributed by atoms with Crippen LogP contribution in [0.3, 0.4) is 0 Å². The summed E-state index contributed by atoms with van der Waals surface area (Å²) in [7, 11) is 0. The van der Waals surface area contributed by atoms with E-state index in [1.807, 2.05) is 54.6 Å².